The maximum atomic E-state index is 12.3. The number of aromatic amines is 1. The van der Waals surface area contributed by atoms with Crippen molar-refractivity contribution in [3.05, 3.63) is 46.4 Å². The van der Waals surface area contributed by atoms with Crippen LogP contribution in [-0.4, -0.2) is 29.5 Å². The van der Waals surface area contributed by atoms with Gasteiger partial charge in [0.1, 0.15) is 11.3 Å². The Morgan fingerprint density at radius 3 is 2.91 bits per heavy atom. The molecule has 1 saturated heterocycles. The Morgan fingerprint density at radius 1 is 1.36 bits per heavy atom. The molecule has 1 aliphatic heterocycles. The van der Waals surface area contributed by atoms with Crippen LogP contribution in [0.4, 0.5) is 0 Å². The molecular weight excluding hydrogens is 282 g/mol. The zero-order valence-electron chi connectivity index (χ0n) is 12.4. The SMILES string of the molecule is CC1CC(NC(=O)c2ccc(-c3ccco3)[nH]c2=O)CCN1. The average molecular weight is 301 g/mol. The molecule has 1 aliphatic rings. The minimum Gasteiger partial charge on any atom is -0.463 e. The first-order valence-corrected chi connectivity index (χ1v) is 7.45. The number of furan rings is 1. The van der Waals surface area contributed by atoms with Crippen LogP contribution in [0.1, 0.15) is 30.1 Å². The number of hydrogen-bond acceptors (Lipinski definition) is 4. The molecule has 0 aliphatic carbocycles. The number of nitrogens with one attached hydrogen (secondary N) is 3. The highest BCUT2D eigenvalue weighted by Crippen LogP contribution is 2.16. The third-order valence-corrected chi connectivity index (χ3v) is 3.90. The van der Waals surface area contributed by atoms with Crippen molar-refractivity contribution in [1.29, 1.82) is 0 Å². The van der Waals surface area contributed by atoms with Crippen LogP contribution in [0.2, 0.25) is 0 Å². The molecular formula is C16H19N3O3. The minimum absolute atomic E-state index is 0.105. The van der Waals surface area contributed by atoms with Gasteiger partial charge in [0.15, 0.2) is 0 Å². The van der Waals surface area contributed by atoms with Crippen molar-refractivity contribution in [2.24, 2.45) is 0 Å². The van der Waals surface area contributed by atoms with Crippen LogP contribution in [0.3, 0.4) is 0 Å². The van der Waals surface area contributed by atoms with Gasteiger partial charge in [0.2, 0.25) is 0 Å². The van der Waals surface area contributed by atoms with Crippen LogP contribution in [0.5, 0.6) is 0 Å². The number of piperidine rings is 1. The van der Waals surface area contributed by atoms with E-state index in [-0.39, 0.29) is 17.5 Å². The number of hydrogen-bond donors (Lipinski definition) is 3. The highest BCUT2D eigenvalue weighted by molar-refractivity contribution is 5.94. The van der Waals surface area contributed by atoms with Gasteiger partial charge in [-0.3, -0.25) is 9.59 Å². The third-order valence-electron chi connectivity index (χ3n) is 3.90. The summed E-state index contributed by atoms with van der Waals surface area (Å²) in [6, 6.07) is 7.19. The molecule has 2 aromatic rings. The first kappa shape index (κ1) is 14.6. The molecule has 2 aromatic heterocycles. The van der Waals surface area contributed by atoms with E-state index in [1.807, 2.05) is 0 Å². The van der Waals surface area contributed by atoms with E-state index in [9.17, 15) is 9.59 Å². The molecule has 2 unspecified atom stereocenters. The van der Waals surface area contributed by atoms with E-state index in [0.29, 0.717) is 17.5 Å². The summed E-state index contributed by atoms with van der Waals surface area (Å²) in [6.45, 7) is 2.96. The van der Waals surface area contributed by atoms with Crippen molar-refractivity contribution in [3.8, 4) is 11.5 Å². The molecule has 6 nitrogen and oxygen atoms in total. The van der Waals surface area contributed by atoms with E-state index in [1.54, 1.807) is 18.2 Å². The zero-order chi connectivity index (χ0) is 15.5. The van der Waals surface area contributed by atoms with Gasteiger partial charge in [0, 0.05) is 12.1 Å². The number of rotatable bonds is 3. The lowest BCUT2D eigenvalue weighted by Crippen LogP contribution is -2.47. The maximum Gasteiger partial charge on any atom is 0.261 e. The first-order chi connectivity index (χ1) is 10.6. The predicted molar refractivity (Wildman–Crippen MR) is 82.7 cm³/mol. The van der Waals surface area contributed by atoms with Crippen LogP contribution in [0.25, 0.3) is 11.5 Å². The van der Waals surface area contributed by atoms with Gasteiger partial charge >= 0.3 is 0 Å². The molecule has 3 N–H and O–H groups in total. The van der Waals surface area contributed by atoms with Crippen LogP contribution < -0.4 is 16.2 Å². The van der Waals surface area contributed by atoms with Gasteiger partial charge in [0.25, 0.3) is 11.5 Å². The second kappa shape index (κ2) is 6.19. The standard InChI is InChI=1S/C16H19N3O3/c1-10-9-11(6-7-17-10)18-15(20)12-4-5-13(19-16(12)21)14-3-2-8-22-14/h2-5,8,10-11,17H,6-7,9H2,1H3,(H,18,20)(H,19,21). The Morgan fingerprint density at radius 2 is 2.23 bits per heavy atom. The molecule has 2 atom stereocenters. The van der Waals surface area contributed by atoms with Gasteiger partial charge in [0.05, 0.1) is 12.0 Å². The lowest BCUT2D eigenvalue weighted by molar-refractivity contribution is 0.0924. The molecule has 1 amide bonds. The molecule has 0 aromatic carbocycles. The summed E-state index contributed by atoms with van der Waals surface area (Å²) in [5.41, 5.74) is 0.275. The quantitative estimate of drug-likeness (QED) is 0.802. The van der Waals surface area contributed by atoms with Crippen molar-refractivity contribution in [3.63, 3.8) is 0 Å². The Kier molecular flexibility index (Phi) is 4.11. The second-order valence-corrected chi connectivity index (χ2v) is 5.64. The Hall–Kier alpha value is -2.34. The van der Waals surface area contributed by atoms with Crippen LogP contribution >= 0.6 is 0 Å². The second-order valence-electron chi connectivity index (χ2n) is 5.64. The van der Waals surface area contributed by atoms with E-state index in [2.05, 4.69) is 22.5 Å². The summed E-state index contributed by atoms with van der Waals surface area (Å²) in [7, 11) is 0. The Bertz CT molecular complexity index is 706. The molecule has 116 valence electrons. The van der Waals surface area contributed by atoms with Crippen LogP contribution in [0, 0.1) is 0 Å². The van der Waals surface area contributed by atoms with Crippen LogP contribution in [-0.2, 0) is 0 Å². The normalized spacial score (nSPS) is 21.5. The molecule has 22 heavy (non-hydrogen) atoms. The summed E-state index contributed by atoms with van der Waals surface area (Å²) in [5, 5.41) is 6.27. The van der Waals surface area contributed by atoms with E-state index >= 15 is 0 Å². The highest BCUT2D eigenvalue weighted by atomic mass is 16.3. The highest BCUT2D eigenvalue weighted by Gasteiger charge is 2.21. The largest absolute Gasteiger partial charge is 0.463 e. The average Bonchev–Trinajstić information content (AvgIpc) is 3.01. The number of carbonyl (C=O) groups excluding carboxylic acids is 1. The molecule has 3 heterocycles. The number of aromatic nitrogens is 1. The van der Waals surface area contributed by atoms with Crippen LogP contribution in [0.15, 0.2) is 39.7 Å². The van der Waals surface area contributed by atoms with Crippen molar-refractivity contribution >= 4 is 5.91 Å². The summed E-state index contributed by atoms with van der Waals surface area (Å²) in [5.74, 6) is 0.239. The third kappa shape index (κ3) is 3.12. The zero-order valence-corrected chi connectivity index (χ0v) is 12.4. The number of pyridine rings is 1. The van der Waals surface area contributed by atoms with Gasteiger partial charge in [-0.05, 0) is 50.6 Å². The lowest BCUT2D eigenvalue weighted by atomic mass is 10.0. The number of H-pyrrole nitrogens is 1. The predicted octanol–water partition coefficient (Wildman–Crippen LogP) is 1.51. The van der Waals surface area contributed by atoms with E-state index < -0.39 is 5.56 Å². The molecule has 6 heteroatoms. The topological polar surface area (TPSA) is 87.1 Å². The maximum absolute atomic E-state index is 12.3. The van der Waals surface area contributed by atoms with Gasteiger partial charge in [-0.15, -0.1) is 0 Å². The van der Waals surface area contributed by atoms with E-state index in [1.165, 1.54) is 12.3 Å². The summed E-state index contributed by atoms with van der Waals surface area (Å²) < 4.78 is 5.23. The van der Waals surface area contributed by atoms with Crippen molar-refractivity contribution in [1.82, 2.24) is 15.6 Å². The Labute approximate surface area is 127 Å². The van der Waals surface area contributed by atoms with Gasteiger partial charge in [-0.2, -0.15) is 0 Å². The molecule has 3 rings (SSSR count). The van der Waals surface area contributed by atoms with Crippen molar-refractivity contribution < 1.29 is 9.21 Å². The molecule has 0 radical (unpaired) electrons. The smallest absolute Gasteiger partial charge is 0.261 e. The van der Waals surface area contributed by atoms with E-state index in [4.69, 9.17) is 4.42 Å². The van der Waals surface area contributed by atoms with Gasteiger partial charge in [-0.1, -0.05) is 0 Å². The molecule has 0 bridgehead atoms. The number of amides is 1. The molecule has 1 fully saturated rings. The van der Waals surface area contributed by atoms with Gasteiger partial charge in [-0.25, -0.2) is 0 Å². The van der Waals surface area contributed by atoms with E-state index in [0.717, 1.165) is 19.4 Å². The molecule has 0 saturated carbocycles. The molecule has 0 spiro atoms. The lowest BCUT2D eigenvalue weighted by Gasteiger charge is -2.28. The monoisotopic (exact) mass is 301 g/mol. The fraction of sp³-hybridized carbons (Fsp3) is 0.375. The Balaban J connectivity index is 1.74. The fourth-order valence-electron chi connectivity index (χ4n) is 2.75. The minimum atomic E-state index is -0.409. The fourth-order valence-corrected chi connectivity index (χ4v) is 2.75. The first-order valence-electron chi connectivity index (χ1n) is 7.45. The van der Waals surface area contributed by atoms with Gasteiger partial charge < -0.3 is 20.0 Å². The summed E-state index contributed by atoms with van der Waals surface area (Å²) >= 11 is 0. The van der Waals surface area contributed by atoms with Crippen molar-refractivity contribution in [2.45, 2.75) is 31.8 Å². The summed E-state index contributed by atoms with van der Waals surface area (Å²) in [6.07, 6.45) is 3.28. The van der Waals surface area contributed by atoms with Crippen molar-refractivity contribution in [2.75, 3.05) is 6.54 Å². The number of carbonyl (C=O) groups is 1. The summed E-state index contributed by atoms with van der Waals surface area (Å²) in [4.78, 5) is 27.1.